The van der Waals surface area contributed by atoms with Gasteiger partial charge in [-0.3, -0.25) is 20.4 Å². The van der Waals surface area contributed by atoms with Gasteiger partial charge in [-0.05, 0) is 31.2 Å². The van der Waals surface area contributed by atoms with E-state index in [1.54, 1.807) is 43.4 Å². The highest BCUT2D eigenvalue weighted by atomic mass is 32.1. The Hall–Kier alpha value is -2.41. The van der Waals surface area contributed by atoms with Crippen LogP contribution in [0.1, 0.15) is 24.9 Å². The zero-order valence-corrected chi connectivity index (χ0v) is 12.8. The molecular weight excluding hydrogens is 288 g/mol. The second-order valence-electron chi connectivity index (χ2n) is 4.59. The Balaban J connectivity index is 2.04. The maximum Gasteiger partial charge on any atom is 0.279 e. The molecule has 2 heterocycles. The third kappa shape index (κ3) is 3.57. The quantitative estimate of drug-likeness (QED) is 0.845. The molecule has 2 N–H and O–H groups in total. The smallest absolute Gasteiger partial charge is 0.279 e. The molecule has 0 saturated carbocycles. The summed E-state index contributed by atoms with van der Waals surface area (Å²) < 4.78 is 0. The highest BCUT2D eigenvalue weighted by molar-refractivity contribution is 7.13. The molecule has 0 fully saturated rings. The molecule has 0 bridgehead atoms. The van der Waals surface area contributed by atoms with Crippen LogP contribution in [0.15, 0.2) is 30.5 Å². The summed E-state index contributed by atoms with van der Waals surface area (Å²) in [7, 11) is 3.60. The minimum absolute atomic E-state index is 0.336. The molecule has 2 amide bonds. The molecule has 0 aliphatic heterocycles. The maximum absolute atomic E-state index is 12.1. The second-order valence-corrected chi connectivity index (χ2v) is 5.88. The van der Waals surface area contributed by atoms with Gasteiger partial charge < -0.3 is 4.90 Å². The summed E-state index contributed by atoms with van der Waals surface area (Å²) in [5, 5.41) is 0. The lowest BCUT2D eigenvalue weighted by Crippen LogP contribution is -2.41. The fourth-order valence-electron chi connectivity index (χ4n) is 1.73. The number of hydrogen-bond donors (Lipinski definition) is 2. The van der Waals surface area contributed by atoms with Gasteiger partial charge in [0.15, 0.2) is 0 Å². The molecule has 0 aromatic carbocycles. The summed E-state index contributed by atoms with van der Waals surface area (Å²) in [6.07, 6.45) is 1.61. The van der Waals surface area contributed by atoms with Crippen molar-refractivity contribution >= 4 is 29.0 Å². The molecule has 21 heavy (non-hydrogen) atoms. The summed E-state index contributed by atoms with van der Waals surface area (Å²) >= 11 is 1.37. The number of nitrogens with one attached hydrogen (secondary N) is 2. The number of hydrogen-bond acceptors (Lipinski definition) is 5. The number of carbonyl (C=O) groups is 2. The lowest BCUT2D eigenvalue weighted by Gasteiger charge is -2.15. The Kier molecular flexibility index (Phi) is 4.54. The van der Waals surface area contributed by atoms with Crippen LogP contribution in [0.5, 0.6) is 0 Å². The maximum atomic E-state index is 12.1. The number of nitrogens with zero attached hydrogens (tertiary/aromatic N) is 2. The minimum atomic E-state index is -0.409. The minimum Gasteiger partial charge on any atom is -0.362 e. The van der Waals surface area contributed by atoms with Crippen LogP contribution in [0.25, 0.3) is 0 Å². The number of pyridine rings is 1. The van der Waals surface area contributed by atoms with Gasteiger partial charge in [-0.15, -0.1) is 11.3 Å². The fraction of sp³-hybridized carbons (Fsp3) is 0.214. The third-order valence-corrected chi connectivity index (χ3v) is 3.71. The molecule has 0 radical (unpaired) electrons. The van der Waals surface area contributed by atoms with Crippen LogP contribution in [0, 0.1) is 6.92 Å². The third-order valence-electron chi connectivity index (χ3n) is 2.71. The fourth-order valence-corrected chi connectivity index (χ4v) is 2.49. The number of anilines is 1. The van der Waals surface area contributed by atoms with Crippen molar-refractivity contribution in [2.45, 2.75) is 6.92 Å². The molecule has 0 atom stereocenters. The summed E-state index contributed by atoms with van der Waals surface area (Å²) in [6, 6.07) is 6.90. The number of hydrazine groups is 1. The summed E-state index contributed by atoms with van der Waals surface area (Å²) in [4.78, 5) is 31.5. The number of thiophene rings is 1. The molecule has 0 aliphatic rings. The standard InChI is InChI=1S/C14H16N4O2S/c1-9-6-7-11(21-9)14(20)17-16-13(19)10-5-4-8-15-12(10)18(2)3/h4-8H,1-3H3,(H,16,19)(H,17,20). The monoisotopic (exact) mass is 304 g/mol. The van der Waals surface area contributed by atoms with E-state index in [2.05, 4.69) is 15.8 Å². The van der Waals surface area contributed by atoms with Crippen LogP contribution >= 0.6 is 11.3 Å². The number of amides is 2. The molecule has 0 aliphatic carbocycles. The molecule has 6 nitrogen and oxygen atoms in total. The summed E-state index contributed by atoms with van der Waals surface area (Å²) in [5.41, 5.74) is 5.20. The van der Waals surface area contributed by atoms with Gasteiger partial charge in [-0.2, -0.15) is 0 Å². The molecule has 7 heteroatoms. The first kappa shape index (κ1) is 15.0. The van der Waals surface area contributed by atoms with Crippen LogP contribution < -0.4 is 15.8 Å². The predicted octanol–water partition coefficient (Wildman–Crippen LogP) is 1.59. The van der Waals surface area contributed by atoms with Gasteiger partial charge in [-0.25, -0.2) is 4.98 Å². The zero-order valence-electron chi connectivity index (χ0n) is 12.0. The van der Waals surface area contributed by atoms with Crippen molar-refractivity contribution in [1.82, 2.24) is 15.8 Å². The summed E-state index contributed by atoms with van der Waals surface area (Å²) in [5.74, 6) is -0.207. The van der Waals surface area contributed by atoms with Gasteiger partial charge in [0.2, 0.25) is 0 Å². The van der Waals surface area contributed by atoms with Crippen molar-refractivity contribution in [3.05, 3.63) is 45.8 Å². The Bertz CT molecular complexity index is 666. The summed E-state index contributed by atoms with van der Waals surface area (Å²) in [6.45, 7) is 1.92. The van der Waals surface area contributed by atoms with E-state index in [0.717, 1.165) is 4.88 Å². The van der Waals surface area contributed by atoms with Gasteiger partial charge in [0.1, 0.15) is 5.82 Å². The van der Waals surface area contributed by atoms with Crippen molar-refractivity contribution in [3.8, 4) is 0 Å². The van der Waals surface area contributed by atoms with Gasteiger partial charge in [0.05, 0.1) is 10.4 Å². The van der Waals surface area contributed by atoms with Crippen LogP contribution in [0.2, 0.25) is 0 Å². The highest BCUT2D eigenvalue weighted by Crippen LogP contribution is 2.15. The average Bonchev–Trinajstić information content (AvgIpc) is 2.91. The van der Waals surface area contributed by atoms with E-state index in [1.807, 2.05) is 13.0 Å². The number of aryl methyl sites for hydroxylation is 1. The van der Waals surface area contributed by atoms with Crippen molar-refractivity contribution in [2.75, 3.05) is 19.0 Å². The Labute approximate surface area is 126 Å². The first-order chi connectivity index (χ1) is 9.99. The van der Waals surface area contributed by atoms with Crippen molar-refractivity contribution in [1.29, 1.82) is 0 Å². The van der Waals surface area contributed by atoms with Crippen molar-refractivity contribution in [3.63, 3.8) is 0 Å². The van der Waals surface area contributed by atoms with E-state index < -0.39 is 5.91 Å². The van der Waals surface area contributed by atoms with Crippen LogP contribution in [-0.2, 0) is 0 Å². The number of rotatable bonds is 3. The average molecular weight is 304 g/mol. The first-order valence-corrected chi connectivity index (χ1v) is 7.10. The molecular formula is C14H16N4O2S. The van der Waals surface area contributed by atoms with Crippen LogP contribution in [0.3, 0.4) is 0 Å². The van der Waals surface area contributed by atoms with E-state index in [4.69, 9.17) is 0 Å². The SMILES string of the molecule is Cc1ccc(C(=O)NNC(=O)c2cccnc2N(C)C)s1. The lowest BCUT2D eigenvalue weighted by molar-refractivity contribution is 0.0849. The van der Waals surface area contributed by atoms with E-state index >= 15 is 0 Å². The van der Waals surface area contributed by atoms with Crippen LogP contribution in [0.4, 0.5) is 5.82 Å². The first-order valence-electron chi connectivity index (χ1n) is 6.28. The van der Waals surface area contributed by atoms with Gasteiger partial charge in [-0.1, -0.05) is 0 Å². The Morgan fingerprint density at radius 1 is 1.14 bits per heavy atom. The van der Waals surface area contributed by atoms with Crippen molar-refractivity contribution in [2.24, 2.45) is 0 Å². The van der Waals surface area contributed by atoms with E-state index in [1.165, 1.54) is 11.3 Å². The largest absolute Gasteiger partial charge is 0.362 e. The predicted molar refractivity (Wildman–Crippen MR) is 82.6 cm³/mol. The molecule has 0 spiro atoms. The lowest BCUT2D eigenvalue weighted by atomic mass is 10.2. The molecule has 0 saturated heterocycles. The van der Waals surface area contributed by atoms with E-state index in [9.17, 15) is 9.59 Å². The molecule has 110 valence electrons. The van der Waals surface area contributed by atoms with Crippen molar-refractivity contribution < 1.29 is 9.59 Å². The number of aromatic nitrogens is 1. The van der Waals surface area contributed by atoms with Gasteiger partial charge in [0, 0.05) is 25.2 Å². The molecule has 2 aromatic heterocycles. The van der Waals surface area contributed by atoms with Gasteiger partial charge >= 0.3 is 0 Å². The highest BCUT2D eigenvalue weighted by Gasteiger charge is 2.15. The topological polar surface area (TPSA) is 74.3 Å². The zero-order chi connectivity index (χ0) is 15.4. The van der Waals surface area contributed by atoms with Gasteiger partial charge in [0.25, 0.3) is 11.8 Å². The number of carbonyl (C=O) groups excluding carboxylic acids is 2. The molecule has 0 unspecified atom stereocenters. The Morgan fingerprint density at radius 2 is 1.86 bits per heavy atom. The second kappa shape index (κ2) is 6.36. The van der Waals surface area contributed by atoms with E-state index in [-0.39, 0.29) is 5.91 Å². The Morgan fingerprint density at radius 3 is 2.48 bits per heavy atom. The van der Waals surface area contributed by atoms with E-state index in [0.29, 0.717) is 16.3 Å². The normalized spacial score (nSPS) is 10.0. The molecule has 2 aromatic rings. The van der Waals surface area contributed by atoms with Crippen LogP contribution in [-0.4, -0.2) is 30.9 Å². The molecule has 2 rings (SSSR count).